The number of carbonyl (C=O) groups is 3. The fraction of sp³-hybridized carbons (Fsp3) is 0.276. The van der Waals surface area contributed by atoms with Gasteiger partial charge in [-0.25, -0.2) is 9.69 Å². The van der Waals surface area contributed by atoms with Gasteiger partial charge in [0.05, 0.1) is 18.9 Å². The minimum absolute atomic E-state index is 0.0818. The van der Waals surface area contributed by atoms with E-state index in [4.69, 9.17) is 4.74 Å². The number of aromatic nitrogens is 1. The van der Waals surface area contributed by atoms with Crippen LogP contribution in [0.1, 0.15) is 28.1 Å². The molecule has 1 aromatic heterocycles. The van der Waals surface area contributed by atoms with E-state index in [1.54, 1.807) is 18.2 Å². The largest absolute Gasteiger partial charge is 0.378 e. The molecular formula is C29H30N4O4. The van der Waals surface area contributed by atoms with Gasteiger partial charge in [0.15, 0.2) is 0 Å². The van der Waals surface area contributed by atoms with E-state index >= 15 is 0 Å². The predicted molar refractivity (Wildman–Crippen MR) is 143 cm³/mol. The first-order chi connectivity index (χ1) is 17.7. The van der Waals surface area contributed by atoms with Gasteiger partial charge in [0.2, 0.25) is 0 Å². The highest BCUT2D eigenvalue weighted by molar-refractivity contribution is 6.39. The maximum atomic E-state index is 13.4. The van der Waals surface area contributed by atoms with Gasteiger partial charge in [0.25, 0.3) is 11.8 Å². The summed E-state index contributed by atoms with van der Waals surface area (Å²) in [4.78, 5) is 42.1. The van der Waals surface area contributed by atoms with Gasteiger partial charge in [-0.05, 0) is 92.9 Å². The first-order valence-electron chi connectivity index (χ1n) is 12.3. The molecule has 2 aromatic carbocycles. The van der Waals surface area contributed by atoms with Crippen LogP contribution in [0.2, 0.25) is 0 Å². The molecule has 8 nitrogen and oxygen atoms in total. The van der Waals surface area contributed by atoms with Crippen molar-refractivity contribution in [1.29, 1.82) is 0 Å². The third-order valence-corrected chi connectivity index (χ3v) is 6.82. The van der Waals surface area contributed by atoms with Crippen LogP contribution in [0.15, 0.2) is 54.1 Å². The Labute approximate surface area is 216 Å². The Morgan fingerprint density at radius 2 is 1.43 bits per heavy atom. The van der Waals surface area contributed by atoms with Crippen molar-refractivity contribution in [1.82, 2.24) is 9.88 Å². The Balaban J connectivity index is 1.47. The molecule has 2 fully saturated rings. The Morgan fingerprint density at radius 3 is 2.08 bits per heavy atom. The summed E-state index contributed by atoms with van der Waals surface area (Å²) < 4.78 is 7.54. The maximum absolute atomic E-state index is 13.4. The number of hydrogen-bond acceptors (Lipinski definition) is 5. The Kier molecular flexibility index (Phi) is 6.43. The third kappa shape index (κ3) is 4.68. The molecule has 190 valence electrons. The number of benzene rings is 2. The van der Waals surface area contributed by atoms with E-state index < -0.39 is 17.8 Å². The SMILES string of the molecule is Cc1cc(C)cc(N2C(=O)NC(=O)/C(=C\c3cc(C)n(-c4ccc(N5CCOCC5)cc4)c3C)C2=O)c1. The molecule has 2 saturated heterocycles. The zero-order chi connectivity index (χ0) is 26.3. The molecule has 3 aromatic rings. The number of barbiturate groups is 1. The Bertz CT molecular complexity index is 1410. The van der Waals surface area contributed by atoms with Crippen LogP contribution in [0, 0.1) is 27.7 Å². The van der Waals surface area contributed by atoms with Crippen LogP contribution in [0.5, 0.6) is 0 Å². The fourth-order valence-corrected chi connectivity index (χ4v) is 5.09. The van der Waals surface area contributed by atoms with E-state index in [0.717, 1.165) is 70.7 Å². The molecule has 0 bridgehead atoms. The molecule has 2 aliphatic rings. The lowest BCUT2D eigenvalue weighted by Gasteiger charge is -2.29. The number of nitrogens with zero attached hydrogens (tertiary/aromatic N) is 3. The van der Waals surface area contributed by atoms with Gasteiger partial charge in [-0.1, -0.05) is 6.07 Å². The van der Waals surface area contributed by atoms with Crippen LogP contribution >= 0.6 is 0 Å². The van der Waals surface area contributed by atoms with Crippen LogP contribution in [0.3, 0.4) is 0 Å². The molecule has 5 rings (SSSR count). The fourth-order valence-electron chi connectivity index (χ4n) is 5.09. The lowest BCUT2D eigenvalue weighted by Crippen LogP contribution is -2.54. The number of anilines is 2. The lowest BCUT2D eigenvalue weighted by atomic mass is 10.1. The number of imide groups is 2. The van der Waals surface area contributed by atoms with E-state index in [1.165, 1.54) is 0 Å². The van der Waals surface area contributed by atoms with E-state index in [0.29, 0.717) is 5.69 Å². The van der Waals surface area contributed by atoms with Crippen molar-refractivity contribution in [2.24, 2.45) is 0 Å². The molecule has 0 radical (unpaired) electrons. The zero-order valence-corrected chi connectivity index (χ0v) is 21.5. The lowest BCUT2D eigenvalue weighted by molar-refractivity contribution is -0.122. The van der Waals surface area contributed by atoms with Gasteiger partial charge in [0.1, 0.15) is 5.57 Å². The summed E-state index contributed by atoms with van der Waals surface area (Å²) in [6.45, 7) is 10.9. The highest BCUT2D eigenvalue weighted by atomic mass is 16.5. The summed E-state index contributed by atoms with van der Waals surface area (Å²) in [6.07, 6.45) is 1.57. The second kappa shape index (κ2) is 9.71. The molecule has 0 unspecified atom stereocenters. The minimum Gasteiger partial charge on any atom is -0.378 e. The molecule has 0 saturated carbocycles. The minimum atomic E-state index is -0.747. The van der Waals surface area contributed by atoms with Gasteiger partial charge in [-0.2, -0.15) is 0 Å². The van der Waals surface area contributed by atoms with Crippen LogP contribution in [0.4, 0.5) is 16.2 Å². The van der Waals surface area contributed by atoms with Gasteiger partial charge in [-0.3, -0.25) is 14.9 Å². The number of ether oxygens (including phenoxy) is 1. The number of morpholine rings is 1. The Morgan fingerprint density at radius 1 is 0.811 bits per heavy atom. The summed E-state index contributed by atoms with van der Waals surface area (Å²) in [5.41, 5.74) is 6.92. The molecule has 3 heterocycles. The highest BCUT2D eigenvalue weighted by Crippen LogP contribution is 2.28. The first kappa shape index (κ1) is 24.5. The molecule has 0 spiro atoms. The van der Waals surface area contributed by atoms with Gasteiger partial charge < -0.3 is 14.2 Å². The molecular weight excluding hydrogens is 468 g/mol. The van der Waals surface area contributed by atoms with E-state index in [1.807, 2.05) is 39.8 Å². The van der Waals surface area contributed by atoms with Crippen LogP contribution in [-0.4, -0.2) is 48.7 Å². The molecule has 1 N–H and O–H groups in total. The van der Waals surface area contributed by atoms with Crippen molar-refractivity contribution in [3.8, 4) is 5.69 Å². The first-order valence-corrected chi connectivity index (χ1v) is 12.3. The standard InChI is InChI=1S/C29H30N4O4/c1-18-13-19(2)15-25(14-18)33-28(35)26(27(34)30-29(33)36)17-22-16-20(3)32(21(22)4)24-7-5-23(6-8-24)31-9-11-37-12-10-31/h5-8,13-17H,9-12H2,1-4H3,(H,30,34,36)/b26-17+. The van der Waals surface area contributed by atoms with Crippen LogP contribution in [-0.2, 0) is 14.3 Å². The van der Waals surface area contributed by atoms with E-state index in [-0.39, 0.29) is 5.57 Å². The predicted octanol–water partition coefficient (Wildman–Crippen LogP) is 4.21. The normalized spacial score (nSPS) is 17.5. The summed E-state index contributed by atoms with van der Waals surface area (Å²) in [7, 11) is 0. The van der Waals surface area contributed by atoms with Crippen molar-refractivity contribution in [3.05, 3.63) is 82.2 Å². The number of aryl methyl sites for hydroxylation is 3. The third-order valence-electron chi connectivity index (χ3n) is 6.82. The summed E-state index contributed by atoms with van der Waals surface area (Å²) >= 11 is 0. The average Bonchev–Trinajstić information content (AvgIpc) is 3.14. The highest BCUT2D eigenvalue weighted by Gasteiger charge is 2.37. The number of nitrogens with one attached hydrogen (secondary N) is 1. The summed E-state index contributed by atoms with van der Waals surface area (Å²) in [5, 5.41) is 2.32. The van der Waals surface area contributed by atoms with Crippen molar-refractivity contribution in [2.75, 3.05) is 36.1 Å². The van der Waals surface area contributed by atoms with Crippen LogP contribution in [0.25, 0.3) is 11.8 Å². The number of rotatable bonds is 4. The average molecular weight is 499 g/mol. The second-order valence-electron chi connectivity index (χ2n) is 9.58. The molecule has 37 heavy (non-hydrogen) atoms. The van der Waals surface area contributed by atoms with Crippen molar-refractivity contribution in [2.45, 2.75) is 27.7 Å². The topological polar surface area (TPSA) is 83.9 Å². The molecule has 0 aliphatic carbocycles. The van der Waals surface area contributed by atoms with E-state index in [9.17, 15) is 14.4 Å². The number of hydrogen-bond donors (Lipinski definition) is 1. The number of amides is 4. The number of urea groups is 1. The van der Waals surface area contributed by atoms with Gasteiger partial charge in [0, 0.05) is 35.9 Å². The quantitative estimate of drug-likeness (QED) is 0.430. The van der Waals surface area contributed by atoms with Crippen molar-refractivity contribution in [3.63, 3.8) is 0 Å². The van der Waals surface area contributed by atoms with E-state index in [2.05, 4.69) is 39.0 Å². The molecule has 2 aliphatic heterocycles. The van der Waals surface area contributed by atoms with Crippen molar-refractivity contribution < 1.29 is 19.1 Å². The van der Waals surface area contributed by atoms with Crippen LogP contribution < -0.4 is 15.1 Å². The maximum Gasteiger partial charge on any atom is 0.335 e. The molecule has 4 amide bonds. The zero-order valence-electron chi connectivity index (χ0n) is 21.5. The second-order valence-corrected chi connectivity index (χ2v) is 9.58. The smallest absolute Gasteiger partial charge is 0.335 e. The molecule has 8 heteroatoms. The Hall–Kier alpha value is -4.17. The van der Waals surface area contributed by atoms with Crippen molar-refractivity contribution >= 4 is 35.3 Å². The van der Waals surface area contributed by atoms with Gasteiger partial charge >= 0.3 is 6.03 Å². The molecule has 0 atom stereocenters. The summed E-state index contributed by atoms with van der Waals surface area (Å²) in [6, 6.07) is 15.0. The number of carbonyl (C=O) groups excluding carboxylic acids is 3. The monoisotopic (exact) mass is 498 g/mol. The van der Waals surface area contributed by atoms with Gasteiger partial charge in [-0.15, -0.1) is 0 Å². The summed E-state index contributed by atoms with van der Waals surface area (Å²) in [5.74, 6) is -1.34.